The molecule has 0 unspecified atom stereocenters. The Kier molecular flexibility index (Phi) is 9.94. The van der Waals surface area contributed by atoms with Crippen LogP contribution in [0.3, 0.4) is 0 Å². The molecule has 3 aliphatic heterocycles. The van der Waals surface area contributed by atoms with Gasteiger partial charge >= 0.3 is 5.97 Å². The summed E-state index contributed by atoms with van der Waals surface area (Å²) in [5.41, 5.74) is 0. The van der Waals surface area contributed by atoms with Crippen LogP contribution >= 0.6 is 0 Å². The smallest absolute Gasteiger partial charge is 0.335 e. The highest BCUT2D eigenvalue weighted by molar-refractivity contribution is 5.73. The monoisotopic (exact) mass is 532 g/mol. The van der Waals surface area contributed by atoms with E-state index in [9.17, 15) is 55.9 Å². The fourth-order valence-electron chi connectivity index (χ4n) is 4.08. The van der Waals surface area contributed by atoms with E-state index in [1.807, 2.05) is 0 Å². The van der Waals surface area contributed by atoms with Crippen molar-refractivity contribution in [3.63, 3.8) is 0 Å². The number of ether oxygens (including phenoxy) is 6. The second-order valence-electron chi connectivity index (χ2n) is 8.66. The average molecular weight is 532 g/mol. The minimum Gasteiger partial charge on any atom is -0.479 e. The van der Waals surface area contributed by atoms with Gasteiger partial charge in [-0.1, -0.05) is 0 Å². The van der Waals surface area contributed by atoms with Gasteiger partial charge in [0, 0.05) is 7.11 Å². The quantitative estimate of drug-likeness (QED) is 0.139. The van der Waals surface area contributed by atoms with E-state index in [4.69, 9.17) is 28.4 Å². The zero-order chi connectivity index (χ0) is 26.9. The van der Waals surface area contributed by atoms with Gasteiger partial charge in [-0.15, -0.1) is 0 Å². The third kappa shape index (κ3) is 5.96. The molecule has 0 bridgehead atoms. The summed E-state index contributed by atoms with van der Waals surface area (Å²) in [5.74, 6) is -1.50. The third-order valence-electron chi connectivity index (χ3n) is 6.27. The lowest BCUT2D eigenvalue weighted by Gasteiger charge is -2.43. The molecule has 0 radical (unpaired) electrons. The molecular weight excluding hydrogens is 500 g/mol. The first-order valence-corrected chi connectivity index (χ1v) is 11.0. The predicted octanol–water partition coefficient (Wildman–Crippen LogP) is -6.83. The Morgan fingerprint density at radius 1 is 0.639 bits per heavy atom. The highest BCUT2D eigenvalue weighted by atomic mass is 16.7. The Morgan fingerprint density at radius 2 is 1.11 bits per heavy atom. The predicted molar refractivity (Wildman–Crippen MR) is 107 cm³/mol. The number of hydrogen-bond acceptors (Lipinski definition) is 16. The first-order valence-electron chi connectivity index (χ1n) is 11.0. The molecule has 0 amide bonds. The second kappa shape index (κ2) is 12.2. The summed E-state index contributed by atoms with van der Waals surface area (Å²) in [4.78, 5) is 11.4. The maximum atomic E-state index is 11.4. The van der Waals surface area contributed by atoms with Crippen molar-refractivity contribution in [3.8, 4) is 0 Å². The van der Waals surface area contributed by atoms with Gasteiger partial charge in [-0.3, -0.25) is 0 Å². The molecule has 0 aliphatic carbocycles. The number of carboxylic acids is 1. The van der Waals surface area contributed by atoms with E-state index in [-0.39, 0.29) is 0 Å². The van der Waals surface area contributed by atoms with Crippen LogP contribution in [0.25, 0.3) is 0 Å². The number of hydrogen-bond donors (Lipinski definition) is 10. The van der Waals surface area contributed by atoms with E-state index >= 15 is 0 Å². The highest BCUT2D eigenvalue weighted by Gasteiger charge is 2.50. The fourth-order valence-corrected chi connectivity index (χ4v) is 4.08. The third-order valence-corrected chi connectivity index (χ3v) is 6.27. The zero-order valence-corrected chi connectivity index (χ0v) is 18.9. The van der Waals surface area contributed by atoms with Crippen molar-refractivity contribution in [2.75, 3.05) is 20.3 Å². The van der Waals surface area contributed by atoms with E-state index in [1.54, 1.807) is 0 Å². The molecule has 0 saturated carbocycles. The summed E-state index contributed by atoms with van der Waals surface area (Å²) in [6, 6.07) is 0. The fraction of sp³-hybridized carbons (Fsp3) is 0.947. The maximum Gasteiger partial charge on any atom is 0.335 e. The van der Waals surface area contributed by atoms with Gasteiger partial charge in [0.15, 0.2) is 25.0 Å². The molecule has 36 heavy (non-hydrogen) atoms. The average Bonchev–Trinajstić information content (AvgIpc) is 2.84. The van der Waals surface area contributed by atoms with Gasteiger partial charge in [-0.25, -0.2) is 4.79 Å². The molecular formula is C19H32O17. The molecule has 3 heterocycles. The molecule has 17 heteroatoms. The number of methoxy groups -OCH3 is 1. The van der Waals surface area contributed by atoms with Crippen LogP contribution in [0.1, 0.15) is 0 Å². The minimum absolute atomic E-state index is 0.602. The second-order valence-corrected chi connectivity index (χ2v) is 8.66. The van der Waals surface area contributed by atoms with E-state index in [0.717, 1.165) is 7.11 Å². The lowest BCUT2D eigenvalue weighted by atomic mass is 9.98. The van der Waals surface area contributed by atoms with Crippen molar-refractivity contribution in [2.45, 2.75) is 92.1 Å². The van der Waals surface area contributed by atoms with Gasteiger partial charge in [-0.05, 0) is 0 Å². The summed E-state index contributed by atoms with van der Waals surface area (Å²) in [6.45, 7) is -1.25. The van der Waals surface area contributed by atoms with Crippen LogP contribution in [0.5, 0.6) is 0 Å². The molecule has 3 aliphatic rings. The maximum absolute atomic E-state index is 11.4. The normalized spacial score (nSPS) is 50.1. The lowest BCUT2D eigenvalue weighted by molar-refractivity contribution is -0.338. The van der Waals surface area contributed by atoms with Crippen LogP contribution in [-0.2, 0) is 33.2 Å². The molecule has 17 nitrogen and oxygen atoms in total. The standard InChI is InChI=1S/C19H32O17/c1-31-14-10(24)13(27)19(36-15(14)16(28)29)33-3-5-7(21)9(23)12(26)18(35-5)32-2-4-6(20)8(22)11(25)17(30)34-4/h4-15,17-27,30H,2-3H2,1H3,(H,28,29)/t4-,5-,6+,7+,8+,9+,10-,11-,12-,13-,14+,15+,17-,18-,19-/m1/s1. The molecule has 0 aromatic carbocycles. The summed E-state index contributed by atoms with van der Waals surface area (Å²) in [5, 5.41) is 99.1. The molecule has 10 N–H and O–H groups in total. The summed E-state index contributed by atoms with van der Waals surface area (Å²) in [6.07, 6.45) is -25.2. The Morgan fingerprint density at radius 3 is 1.64 bits per heavy atom. The molecule has 3 saturated heterocycles. The van der Waals surface area contributed by atoms with Crippen molar-refractivity contribution in [2.24, 2.45) is 0 Å². The Bertz CT molecular complexity index is 726. The first-order chi connectivity index (χ1) is 16.9. The number of aliphatic hydroxyl groups is 9. The molecule has 3 rings (SSSR count). The van der Waals surface area contributed by atoms with Gasteiger partial charge in [0.2, 0.25) is 0 Å². The van der Waals surface area contributed by atoms with Crippen LogP contribution in [0.4, 0.5) is 0 Å². The molecule has 0 spiro atoms. The Hall–Kier alpha value is -1.13. The molecule has 210 valence electrons. The highest BCUT2D eigenvalue weighted by Crippen LogP contribution is 2.28. The number of rotatable bonds is 8. The topological polar surface area (TPSA) is 275 Å². The van der Waals surface area contributed by atoms with E-state index in [0.29, 0.717) is 0 Å². The summed E-state index contributed by atoms with van der Waals surface area (Å²) in [7, 11) is 1.11. The molecule has 15 atom stereocenters. The summed E-state index contributed by atoms with van der Waals surface area (Å²) < 4.78 is 30.9. The van der Waals surface area contributed by atoms with Crippen LogP contribution in [-0.4, -0.2) is 169 Å². The van der Waals surface area contributed by atoms with Crippen LogP contribution in [0.2, 0.25) is 0 Å². The molecule has 3 fully saturated rings. The van der Waals surface area contributed by atoms with Crippen LogP contribution < -0.4 is 0 Å². The lowest BCUT2D eigenvalue weighted by Crippen LogP contribution is -2.63. The molecule has 0 aromatic heterocycles. The van der Waals surface area contributed by atoms with Crippen molar-refractivity contribution in [1.29, 1.82) is 0 Å². The van der Waals surface area contributed by atoms with Crippen LogP contribution in [0, 0.1) is 0 Å². The number of aliphatic hydroxyl groups excluding tert-OH is 9. The van der Waals surface area contributed by atoms with Crippen molar-refractivity contribution in [1.82, 2.24) is 0 Å². The van der Waals surface area contributed by atoms with Crippen molar-refractivity contribution >= 4 is 5.97 Å². The minimum atomic E-state index is -1.84. The Balaban J connectivity index is 1.61. The van der Waals surface area contributed by atoms with E-state index in [1.165, 1.54) is 0 Å². The largest absolute Gasteiger partial charge is 0.479 e. The van der Waals surface area contributed by atoms with Gasteiger partial charge < -0.3 is 79.5 Å². The number of carbonyl (C=O) groups is 1. The van der Waals surface area contributed by atoms with Gasteiger partial charge in [0.25, 0.3) is 0 Å². The zero-order valence-electron chi connectivity index (χ0n) is 18.9. The van der Waals surface area contributed by atoms with Gasteiger partial charge in [0.05, 0.1) is 13.2 Å². The summed E-state index contributed by atoms with van der Waals surface area (Å²) >= 11 is 0. The SMILES string of the molecule is CO[C@H]1[C@H](O)[C@@H](O)[C@H](OC[C@H]2O[C@@H](OC[C@H]3O[C@@H](O)[C@H](O)[C@@H](O)[C@H]3O)[C@H](O)[C@@H](O)[C@H]2O)O[C@@H]1C(=O)O. The van der Waals surface area contributed by atoms with Crippen LogP contribution in [0.15, 0.2) is 0 Å². The van der Waals surface area contributed by atoms with E-state index in [2.05, 4.69) is 0 Å². The van der Waals surface area contributed by atoms with Crippen molar-refractivity contribution in [3.05, 3.63) is 0 Å². The van der Waals surface area contributed by atoms with E-state index < -0.39 is 111 Å². The van der Waals surface area contributed by atoms with Gasteiger partial charge in [0.1, 0.15) is 67.1 Å². The van der Waals surface area contributed by atoms with Crippen molar-refractivity contribution < 1.29 is 84.3 Å². The Labute approximate surface area is 203 Å². The van der Waals surface area contributed by atoms with Gasteiger partial charge in [-0.2, -0.15) is 0 Å². The molecule has 0 aromatic rings. The number of aliphatic carboxylic acids is 1. The first kappa shape index (κ1) is 29.4. The number of carboxylic acid groups (broad SMARTS) is 1.